The smallest absolute Gasteiger partial charge is 0.391 e. The number of halogens is 3. The summed E-state index contributed by atoms with van der Waals surface area (Å²) in [6.45, 7) is 4.98. The molecule has 0 aliphatic carbocycles. The van der Waals surface area contributed by atoms with Crippen LogP contribution < -0.4 is 5.32 Å². The highest BCUT2D eigenvalue weighted by Crippen LogP contribution is 2.18. The fraction of sp³-hybridized carbons (Fsp3) is 0.600. The van der Waals surface area contributed by atoms with Gasteiger partial charge in [-0.05, 0) is 13.5 Å². The Kier molecular flexibility index (Phi) is 3.05. The molecule has 2 nitrogen and oxygen atoms in total. The molecule has 0 bridgehead atoms. The molecule has 0 aromatic rings. The van der Waals surface area contributed by atoms with Crippen molar-refractivity contribution in [2.24, 2.45) is 0 Å². The van der Waals surface area contributed by atoms with Crippen LogP contribution in [0.5, 0.6) is 0 Å². The molecule has 0 rings (SSSR count). The first-order valence-electron chi connectivity index (χ1n) is 2.64. The standard InChI is InChI=1S/C5H8F3NO/c1-3-9-4(2)10-5(6,7)8/h9H,2-3H2,1H3. The average Bonchev–Trinajstić information content (AvgIpc) is 1.59. The minimum Gasteiger partial charge on any atom is -0.391 e. The summed E-state index contributed by atoms with van der Waals surface area (Å²) in [5, 5.41) is 2.27. The Balaban J connectivity index is 3.58. The third kappa shape index (κ3) is 5.27. The van der Waals surface area contributed by atoms with E-state index in [1.165, 1.54) is 0 Å². The maximum atomic E-state index is 11.3. The van der Waals surface area contributed by atoms with Crippen molar-refractivity contribution in [3.8, 4) is 0 Å². The van der Waals surface area contributed by atoms with Gasteiger partial charge in [-0.15, -0.1) is 13.2 Å². The first-order valence-corrected chi connectivity index (χ1v) is 2.64. The van der Waals surface area contributed by atoms with Crippen LogP contribution in [0.15, 0.2) is 12.5 Å². The average molecular weight is 155 g/mol. The highest BCUT2D eigenvalue weighted by molar-refractivity contribution is 4.77. The molecule has 0 aromatic heterocycles. The van der Waals surface area contributed by atoms with Crippen molar-refractivity contribution in [2.45, 2.75) is 13.3 Å². The molecule has 0 saturated carbocycles. The van der Waals surface area contributed by atoms with E-state index in [2.05, 4.69) is 16.6 Å². The van der Waals surface area contributed by atoms with Crippen LogP contribution in [-0.4, -0.2) is 12.9 Å². The molecule has 0 saturated heterocycles. The van der Waals surface area contributed by atoms with Crippen LogP contribution in [0.4, 0.5) is 13.2 Å². The Bertz CT molecular complexity index is 121. The Morgan fingerprint density at radius 3 is 2.40 bits per heavy atom. The van der Waals surface area contributed by atoms with E-state index >= 15 is 0 Å². The molecule has 0 aliphatic rings. The highest BCUT2D eigenvalue weighted by atomic mass is 19.4. The molecule has 0 fully saturated rings. The van der Waals surface area contributed by atoms with Gasteiger partial charge in [0.2, 0.25) is 0 Å². The predicted octanol–water partition coefficient (Wildman–Crippen LogP) is 1.60. The summed E-state index contributed by atoms with van der Waals surface area (Å²) >= 11 is 0. The number of ether oxygens (including phenoxy) is 1. The second-order valence-electron chi connectivity index (χ2n) is 1.50. The molecule has 0 unspecified atom stereocenters. The van der Waals surface area contributed by atoms with Crippen LogP contribution in [0.3, 0.4) is 0 Å². The summed E-state index contributed by atoms with van der Waals surface area (Å²) < 4.78 is 37.3. The lowest BCUT2D eigenvalue weighted by Gasteiger charge is -2.10. The highest BCUT2D eigenvalue weighted by Gasteiger charge is 2.31. The zero-order chi connectivity index (χ0) is 8.20. The second kappa shape index (κ2) is 3.34. The number of rotatable bonds is 3. The topological polar surface area (TPSA) is 21.3 Å². The van der Waals surface area contributed by atoms with Gasteiger partial charge in [-0.2, -0.15) is 0 Å². The van der Waals surface area contributed by atoms with Crippen LogP contribution in [-0.2, 0) is 4.74 Å². The quantitative estimate of drug-likeness (QED) is 0.625. The molecule has 0 heterocycles. The van der Waals surface area contributed by atoms with Gasteiger partial charge in [-0.25, -0.2) is 0 Å². The van der Waals surface area contributed by atoms with E-state index < -0.39 is 12.2 Å². The number of nitrogens with one attached hydrogen (secondary N) is 1. The summed E-state index contributed by atoms with van der Waals surface area (Å²) in [5.74, 6) is -0.477. The van der Waals surface area contributed by atoms with E-state index in [0.29, 0.717) is 6.54 Å². The molecular weight excluding hydrogens is 147 g/mol. The van der Waals surface area contributed by atoms with Crippen molar-refractivity contribution in [1.29, 1.82) is 0 Å². The van der Waals surface area contributed by atoms with Crippen molar-refractivity contribution in [2.75, 3.05) is 6.54 Å². The second-order valence-corrected chi connectivity index (χ2v) is 1.50. The summed E-state index contributed by atoms with van der Waals surface area (Å²) in [6.07, 6.45) is -4.64. The van der Waals surface area contributed by atoms with Gasteiger partial charge in [-0.3, -0.25) is 0 Å². The first-order chi connectivity index (χ1) is 4.45. The molecule has 5 heteroatoms. The van der Waals surface area contributed by atoms with Crippen molar-refractivity contribution in [3.63, 3.8) is 0 Å². The van der Waals surface area contributed by atoms with Crippen LogP contribution >= 0.6 is 0 Å². The third-order valence-electron chi connectivity index (χ3n) is 0.613. The van der Waals surface area contributed by atoms with Crippen molar-refractivity contribution < 1.29 is 17.9 Å². The molecule has 1 N–H and O–H groups in total. The largest absolute Gasteiger partial charge is 0.574 e. The third-order valence-corrected chi connectivity index (χ3v) is 0.613. The molecule has 60 valence electrons. The summed E-state index contributed by atoms with van der Waals surface area (Å²) in [7, 11) is 0. The SMILES string of the molecule is C=C(NCC)OC(F)(F)F. The van der Waals surface area contributed by atoms with Crippen molar-refractivity contribution in [1.82, 2.24) is 5.32 Å². The van der Waals surface area contributed by atoms with Gasteiger partial charge >= 0.3 is 6.36 Å². The summed E-state index contributed by atoms with van der Waals surface area (Å²) in [5.41, 5.74) is 0. The molecule has 10 heavy (non-hydrogen) atoms. The Labute approximate surface area is 56.7 Å². The van der Waals surface area contributed by atoms with Gasteiger partial charge in [0.1, 0.15) is 0 Å². The molecule has 0 radical (unpaired) electrons. The fourth-order valence-corrected chi connectivity index (χ4v) is 0.373. The molecule has 0 spiro atoms. The molecule has 0 aromatic carbocycles. The van der Waals surface area contributed by atoms with E-state index in [1.807, 2.05) is 0 Å². The van der Waals surface area contributed by atoms with E-state index in [4.69, 9.17) is 0 Å². The van der Waals surface area contributed by atoms with Gasteiger partial charge in [0.15, 0.2) is 5.88 Å². The van der Waals surface area contributed by atoms with Crippen LogP contribution in [0.2, 0.25) is 0 Å². The zero-order valence-corrected chi connectivity index (χ0v) is 5.46. The fourth-order valence-electron chi connectivity index (χ4n) is 0.373. The molecule has 0 atom stereocenters. The lowest BCUT2D eigenvalue weighted by atomic mass is 10.7. The monoisotopic (exact) mass is 155 g/mol. The summed E-state index contributed by atoms with van der Waals surface area (Å²) in [6, 6.07) is 0. The van der Waals surface area contributed by atoms with Gasteiger partial charge < -0.3 is 10.1 Å². The first kappa shape index (κ1) is 9.13. The Morgan fingerprint density at radius 1 is 1.60 bits per heavy atom. The van der Waals surface area contributed by atoms with Gasteiger partial charge in [0, 0.05) is 6.54 Å². The van der Waals surface area contributed by atoms with Crippen LogP contribution in [0.1, 0.15) is 6.92 Å². The Hall–Kier alpha value is -0.870. The van der Waals surface area contributed by atoms with Gasteiger partial charge in [-0.1, -0.05) is 0 Å². The molecule has 0 amide bonds. The van der Waals surface area contributed by atoms with Crippen molar-refractivity contribution in [3.05, 3.63) is 12.5 Å². The minimum atomic E-state index is -4.64. The van der Waals surface area contributed by atoms with Gasteiger partial charge in [0.05, 0.1) is 0 Å². The maximum Gasteiger partial charge on any atom is 0.574 e. The van der Waals surface area contributed by atoms with Crippen LogP contribution in [0, 0.1) is 0 Å². The van der Waals surface area contributed by atoms with E-state index in [9.17, 15) is 13.2 Å². The van der Waals surface area contributed by atoms with E-state index in [1.54, 1.807) is 6.92 Å². The predicted molar refractivity (Wildman–Crippen MR) is 30.0 cm³/mol. The molecule has 0 aliphatic heterocycles. The van der Waals surface area contributed by atoms with Gasteiger partial charge in [0.25, 0.3) is 0 Å². The normalized spacial score (nSPS) is 10.8. The van der Waals surface area contributed by atoms with Crippen LogP contribution in [0.25, 0.3) is 0 Å². The number of alkyl halides is 3. The lowest BCUT2D eigenvalue weighted by Crippen LogP contribution is -2.21. The number of hydrogen-bond acceptors (Lipinski definition) is 2. The van der Waals surface area contributed by atoms with E-state index in [-0.39, 0.29) is 0 Å². The Morgan fingerprint density at radius 2 is 2.10 bits per heavy atom. The lowest BCUT2D eigenvalue weighted by molar-refractivity contribution is -0.307. The van der Waals surface area contributed by atoms with E-state index in [0.717, 1.165) is 0 Å². The molecular formula is C5H8F3NO. The minimum absolute atomic E-state index is 0.356. The van der Waals surface area contributed by atoms with Crippen molar-refractivity contribution >= 4 is 0 Å². The zero-order valence-electron chi connectivity index (χ0n) is 5.46. The summed E-state index contributed by atoms with van der Waals surface area (Å²) in [4.78, 5) is 0. The maximum absolute atomic E-state index is 11.3. The number of hydrogen-bond donors (Lipinski definition) is 1.